The molecule has 0 amide bonds. The molecular weight excluding hydrogens is 322 g/mol. The predicted octanol–water partition coefficient (Wildman–Crippen LogP) is 2.38. The summed E-state index contributed by atoms with van der Waals surface area (Å²) in [6, 6.07) is 5.94. The summed E-state index contributed by atoms with van der Waals surface area (Å²) in [5.41, 5.74) is 1.01. The Kier molecular flexibility index (Phi) is 3.62. The number of nitrogens with one attached hydrogen (secondary N) is 1. The van der Waals surface area contributed by atoms with Crippen LogP contribution in [0.4, 0.5) is 0 Å². The van der Waals surface area contributed by atoms with E-state index in [4.69, 9.17) is 4.52 Å². The monoisotopic (exact) mass is 337 g/mol. The molecule has 0 aliphatic carbocycles. The van der Waals surface area contributed by atoms with Crippen molar-refractivity contribution in [3.05, 3.63) is 34.1 Å². The van der Waals surface area contributed by atoms with E-state index in [0.717, 1.165) is 28.7 Å². The van der Waals surface area contributed by atoms with Gasteiger partial charge >= 0.3 is 0 Å². The third kappa shape index (κ3) is 2.51. The minimum absolute atomic E-state index is 0.307. The summed E-state index contributed by atoms with van der Waals surface area (Å²) in [6.45, 7) is 3.53. The maximum absolute atomic E-state index is 10.6. The summed E-state index contributed by atoms with van der Waals surface area (Å²) in [5.74, 6) is 0.806. The Balaban J connectivity index is 1.93. The third-order valence-electron chi connectivity index (χ3n) is 3.62. The fourth-order valence-corrected chi connectivity index (χ4v) is 3.05. The van der Waals surface area contributed by atoms with E-state index >= 15 is 0 Å². The highest BCUT2D eigenvalue weighted by atomic mass is 79.9. The summed E-state index contributed by atoms with van der Waals surface area (Å²) >= 11 is 3.51. The quantitative estimate of drug-likeness (QED) is 0.880. The number of aromatic nitrogens is 2. The molecule has 1 saturated heterocycles. The average molecular weight is 338 g/mol. The minimum Gasteiger partial charge on any atom is -0.380 e. The van der Waals surface area contributed by atoms with E-state index in [0.29, 0.717) is 24.6 Å². The molecule has 1 aliphatic heterocycles. The standard InChI is InChI=1S/C14H16BrN3O2/c1-9-2-3-10(11(15)8-9)12-17-13(20-18-12)14(19)4-6-16-7-5-14/h2-3,8,16,19H,4-7H2,1H3. The topological polar surface area (TPSA) is 71.2 Å². The molecule has 2 N–H and O–H groups in total. The highest BCUT2D eigenvalue weighted by Crippen LogP contribution is 2.32. The van der Waals surface area contributed by atoms with Gasteiger partial charge in [-0.1, -0.05) is 27.2 Å². The Morgan fingerprint density at radius 3 is 2.80 bits per heavy atom. The molecule has 1 aliphatic rings. The molecule has 1 fully saturated rings. The van der Waals surface area contributed by atoms with Gasteiger partial charge in [-0.25, -0.2) is 0 Å². The largest absolute Gasteiger partial charge is 0.380 e. The smallest absolute Gasteiger partial charge is 0.259 e. The lowest BCUT2D eigenvalue weighted by atomic mass is 9.92. The molecule has 1 aromatic carbocycles. The number of hydrogen-bond donors (Lipinski definition) is 2. The summed E-state index contributed by atoms with van der Waals surface area (Å²) in [7, 11) is 0. The number of halogens is 1. The Hall–Kier alpha value is -1.24. The fraction of sp³-hybridized carbons (Fsp3) is 0.429. The number of rotatable bonds is 2. The molecule has 2 heterocycles. The number of piperidine rings is 1. The highest BCUT2D eigenvalue weighted by Gasteiger charge is 2.37. The second-order valence-electron chi connectivity index (χ2n) is 5.19. The van der Waals surface area contributed by atoms with Crippen molar-refractivity contribution in [2.75, 3.05) is 13.1 Å². The van der Waals surface area contributed by atoms with Crippen molar-refractivity contribution in [1.29, 1.82) is 0 Å². The first-order valence-corrected chi connectivity index (χ1v) is 7.42. The van der Waals surface area contributed by atoms with Gasteiger partial charge in [-0.2, -0.15) is 4.98 Å². The number of benzene rings is 1. The molecule has 20 heavy (non-hydrogen) atoms. The Morgan fingerprint density at radius 2 is 2.10 bits per heavy atom. The molecule has 0 atom stereocenters. The highest BCUT2D eigenvalue weighted by molar-refractivity contribution is 9.10. The van der Waals surface area contributed by atoms with Gasteiger partial charge in [-0.15, -0.1) is 0 Å². The van der Waals surface area contributed by atoms with Crippen LogP contribution in [0.1, 0.15) is 24.3 Å². The lowest BCUT2D eigenvalue weighted by Gasteiger charge is -2.28. The van der Waals surface area contributed by atoms with Crippen LogP contribution in [-0.2, 0) is 5.60 Å². The van der Waals surface area contributed by atoms with Crippen LogP contribution in [0.2, 0.25) is 0 Å². The van der Waals surface area contributed by atoms with Crippen molar-refractivity contribution in [1.82, 2.24) is 15.5 Å². The van der Waals surface area contributed by atoms with E-state index in [-0.39, 0.29) is 0 Å². The van der Waals surface area contributed by atoms with Crippen molar-refractivity contribution < 1.29 is 9.63 Å². The molecule has 0 bridgehead atoms. The molecule has 0 spiro atoms. The van der Waals surface area contributed by atoms with Gasteiger partial charge in [0.25, 0.3) is 5.89 Å². The molecule has 6 heteroatoms. The molecule has 0 radical (unpaired) electrons. The maximum atomic E-state index is 10.6. The molecule has 0 saturated carbocycles. The van der Waals surface area contributed by atoms with E-state index in [9.17, 15) is 5.11 Å². The van der Waals surface area contributed by atoms with E-state index in [1.807, 2.05) is 25.1 Å². The zero-order valence-corrected chi connectivity index (χ0v) is 12.8. The summed E-state index contributed by atoms with van der Waals surface area (Å²) in [4.78, 5) is 4.38. The van der Waals surface area contributed by atoms with Gasteiger partial charge in [0.1, 0.15) is 5.60 Å². The first-order chi connectivity index (χ1) is 9.58. The Labute approximate surface area is 125 Å². The SMILES string of the molecule is Cc1ccc(-c2noc(C3(O)CCNCC3)n2)c(Br)c1. The Morgan fingerprint density at radius 1 is 1.35 bits per heavy atom. The number of hydrogen-bond acceptors (Lipinski definition) is 5. The average Bonchev–Trinajstić information content (AvgIpc) is 2.90. The predicted molar refractivity (Wildman–Crippen MR) is 78.2 cm³/mol. The van der Waals surface area contributed by atoms with Crippen LogP contribution in [0.3, 0.4) is 0 Å². The van der Waals surface area contributed by atoms with Gasteiger partial charge in [-0.05, 0) is 50.6 Å². The van der Waals surface area contributed by atoms with Crippen LogP contribution in [0.25, 0.3) is 11.4 Å². The molecule has 1 aromatic heterocycles. The molecule has 3 rings (SSSR count). The number of aliphatic hydroxyl groups is 1. The van der Waals surface area contributed by atoms with Crippen LogP contribution < -0.4 is 5.32 Å². The van der Waals surface area contributed by atoms with Crippen molar-refractivity contribution in [3.8, 4) is 11.4 Å². The van der Waals surface area contributed by atoms with Crippen molar-refractivity contribution in [2.45, 2.75) is 25.4 Å². The first kappa shape index (κ1) is 13.7. The lowest BCUT2D eigenvalue weighted by Crippen LogP contribution is -2.39. The molecule has 2 aromatic rings. The van der Waals surface area contributed by atoms with Gasteiger partial charge in [0, 0.05) is 10.0 Å². The zero-order chi connectivity index (χ0) is 14.2. The van der Waals surface area contributed by atoms with E-state index in [1.54, 1.807) is 0 Å². The first-order valence-electron chi connectivity index (χ1n) is 6.62. The number of nitrogens with zero attached hydrogens (tertiary/aromatic N) is 2. The van der Waals surface area contributed by atoms with Gasteiger partial charge in [0.05, 0.1) is 0 Å². The van der Waals surface area contributed by atoms with Crippen molar-refractivity contribution in [3.63, 3.8) is 0 Å². The van der Waals surface area contributed by atoms with Gasteiger partial charge in [0.15, 0.2) is 0 Å². The van der Waals surface area contributed by atoms with Crippen LogP contribution in [-0.4, -0.2) is 28.3 Å². The summed E-state index contributed by atoms with van der Waals surface area (Å²) in [6.07, 6.45) is 1.17. The van der Waals surface area contributed by atoms with Crippen LogP contribution >= 0.6 is 15.9 Å². The molecule has 0 unspecified atom stereocenters. The Bertz CT molecular complexity index is 621. The molecule has 5 nitrogen and oxygen atoms in total. The van der Waals surface area contributed by atoms with Gasteiger partial charge in [0.2, 0.25) is 5.82 Å². The van der Waals surface area contributed by atoms with E-state index in [2.05, 4.69) is 31.4 Å². The van der Waals surface area contributed by atoms with Crippen LogP contribution in [0, 0.1) is 6.92 Å². The minimum atomic E-state index is -1.01. The fourth-order valence-electron chi connectivity index (χ4n) is 2.38. The van der Waals surface area contributed by atoms with Gasteiger partial charge in [-0.3, -0.25) is 0 Å². The van der Waals surface area contributed by atoms with Crippen LogP contribution in [0.15, 0.2) is 27.2 Å². The van der Waals surface area contributed by atoms with Gasteiger partial charge < -0.3 is 14.9 Å². The summed E-state index contributed by atoms with van der Waals surface area (Å²) < 4.78 is 6.21. The second kappa shape index (κ2) is 5.27. The number of aryl methyl sites for hydroxylation is 1. The zero-order valence-electron chi connectivity index (χ0n) is 11.2. The van der Waals surface area contributed by atoms with E-state index < -0.39 is 5.60 Å². The maximum Gasteiger partial charge on any atom is 0.259 e. The molecular formula is C14H16BrN3O2. The van der Waals surface area contributed by atoms with Crippen LogP contribution in [0.5, 0.6) is 0 Å². The summed E-state index contributed by atoms with van der Waals surface area (Å²) in [5, 5.41) is 17.8. The second-order valence-corrected chi connectivity index (χ2v) is 6.04. The van der Waals surface area contributed by atoms with Crippen molar-refractivity contribution >= 4 is 15.9 Å². The van der Waals surface area contributed by atoms with E-state index in [1.165, 1.54) is 0 Å². The lowest BCUT2D eigenvalue weighted by molar-refractivity contribution is -0.0228. The third-order valence-corrected chi connectivity index (χ3v) is 4.28. The van der Waals surface area contributed by atoms with Crippen molar-refractivity contribution in [2.24, 2.45) is 0 Å². The molecule has 106 valence electrons. The normalized spacial score (nSPS) is 18.1.